The van der Waals surface area contributed by atoms with E-state index in [-0.39, 0.29) is 0 Å². The third-order valence-electron chi connectivity index (χ3n) is 3.12. The van der Waals surface area contributed by atoms with Gasteiger partial charge in [-0.05, 0) is 6.42 Å². The molecule has 2 heterocycles. The van der Waals surface area contributed by atoms with Gasteiger partial charge in [-0.15, -0.1) is 11.8 Å². The predicted octanol–water partition coefficient (Wildman–Crippen LogP) is 4.64. The maximum absolute atomic E-state index is 6.17. The van der Waals surface area contributed by atoms with Crippen molar-refractivity contribution in [2.75, 3.05) is 5.75 Å². The van der Waals surface area contributed by atoms with E-state index in [1.165, 1.54) is 0 Å². The van der Waals surface area contributed by atoms with Crippen molar-refractivity contribution < 1.29 is 0 Å². The lowest BCUT2D eigenvalue weighted by atomic mass is 10.2. The van der Waals surface area contributed by atoms with Crippen molar-refractivity contribution in [1.82, 2.24) is 9.97 Å². The standard InChI is InChI=1S/C12H16Cl2N2S2/c1-4-8-10(13)15-12(16-11(8)14)9-5-17-6(2)7(3)18-9/h6-7,9H,4-5H2,1-3H3. The zero-order valence-corrected chi connectivity index (χ0v) is 13.8. The fraction of sp³-hybridized carbons (Fsp3) is 0.667. The van der Waals surface area contributed by atoms with Crippen LogP contribution in [0.1, 0.15) is 37.4 Å². The Labute approximate surface area is 127 Å². The van der Waals surface area contributed by atoms with Gasteiger partial charge in [0.15, 0.2) is 0 Å². The van der Waals surface area contributed by atoms with Crippen LogP contribution >= 0.6 is 46.7 Å². The molecule has 0 amide bonds. The van der Waals surface area contributed by atoms with Crippen LogP contribution in [0.15, 0.2) is 0 Å². The molecular formula is C12H16Cl2N2S2. The molecule has 6 heteroatoms. The second-order valence-corrected chi connectivity index (χ2v) is 8.07. The van der Waals surface area contributed by atoms with E-state index in [4.69, 9.17) is 23.2 Å². The van der Waals surface area contributed by atoms with E-state index in [9.17, 15) is 0 Å². The highest BCUT2D eigenvalue weighted by Crippen LogP contribution is 2.43. The van der Waals surface area contributed by atoms with Gasteiger partial charge in [-0.1, -0.05) is 44.0 Å². The summed E-state index contributed by atoms with van der Waals surface area (Å²) in [6, 6.07) is 0. The predicted molar refractivity (Wildman–Crippen MR) is 83.1 cm³/mol. The van der Waals surface area contributed by atoms with Gasteiger partial charge in [-0.3, -0.25) is 0 Å². The largest absolute Gasteiger partial charge is 0.220 e. The summed E-state index contributed by atoms with van der Waals surface area (Å²) in [4.78, 5) is 8.85. The number of hydrogen-bond donors (Lipinski definition) is 0. The molecule has 0 bridgehead atoms. The molecule has 3 unspecified atom stereocenters. The molecule has 0 spiro atoms. The number of rotatable bonds is 2. The van der Waals surface area contributed by atoms with E-state index >= 15 is 0 Å². The normalized spacial score (nSPS) is 28.4. The quantitative estimate of drug-likeness (QED) is 0.740. The number of halogens is 2. The van der Waals surface area contributed by atoms with Crippen LogP contribution in [0.4, 0.5) is 0 Å². The molecular weight excluding hydrogens is 307 g/mol. The molecule has 1 fully saturated rings. The molecule has 0 aliphatic carbocycles. The first-order valence-electron chi connectivity index (χ1n) is 6.01. The van der Waals surface area contributed by atoms with Crippen molar-refractivity contribution in [3.8, 4) is 0 Å². The Balaban J connectivity index is 2.24. The molecule has 1 saturated heterocycles. The van der Waals surface area contributed by atoms with E-state index in [0.29, 0.717) is 26.1 Å². The highest BCUT2D eigenvalue weighted by atomic mass is 35.5. The zero-order valence-electron chi connectivity index (χ0n) is 10.6. The van der Waals surface area contributed by atoms with Crippen molar-refractivity contribution in [2.45, 2.75) is 42.9 Å². The molecule has 0 N–H and O–H groups in total. The van der Waals surface area contributed by atoms with Gasteiger partial charge in [0, 0.05) is 21.8 Å². The Kier molecular flexibility index (Phi) is 5.09. The van der Waals surface area contributed by atoms with Gasteiger partial charge in [0.2, 0.25) is 0 Å². The lowest BCUT2D eigenvalue weighted by Crippen LogP contribution is -2.23. The Bertz CT molecular complexity index is 419. The summed E-state index contributed by atoms with van der Waals surface area (Å²) in [5.41, 5.74) is 0.844. The molecule has 0 saturated carbocycles. The van der Waals surface area contributed by atoms with Crippen molar-refractivity contribution in [1.29, 1.82) is 0 Å². The van der Waals surface area contributed by atoms with Gasteiger partial charge >= 0.3 is 0 Å². The average Bonchev–Trinajstić information content (AvgIpc) is 2.32. The van der Waals surface area contributed by atoms with Crippen LogP contribution in [0.25, 0.3) is 0 Å². The number of hydrogen-bond acceptors (Lipinski definition) is 4. The molecule has 0 aromatic carbocycles. The van der Waals surface area contributed by atoms with Gasteiger partial charge in [-0.2, -0.15) is 11.8 Å². The Morgan fingerprint density at radius 1 is 1.17 bits per heavy atom. The molecule has 1 aromatic heterocycles. The summed E-state index contributed by atoms with van der Waals surface area (Å²) in [7, 11) is 0. The first-order valence-corrected chi connectivity index (χ1v) is 8.76. The molecule has 18 heavy (non-hydrogen) atoms. The van der Waals surface area contributed by atoms with E-state index in [0.717, 1.165) is 23.6 Å². The molecule has 1 aromatic rings. The maximum Gasteiger partial charge on any atom is 0.145 e. The molecule has 2 nitrogen and oxygen atoms in total. The maximum atomic E-state index is 6.17. The third kappa shape index (κ3) is 3.09. The molecule has 1 aliphatic rings. The van der Waals surface area contributed by atoms with Crippen molar-refractivity contribution in [3.05, 3.63) is 21.7 Å². The molecule has 3 atom stereocenters. The smallest absolute Gasteiger partial charge is 0.145 e. The summed E-state index contributed by atoms with van der Waals surface area (Å²) in [5.74, 6) is 1.80. The van der Waals surface area contributed by atoms with Gasteiger partial charge < -0.3 is 0 Å². The van der Waals surface area contributed by atoms with Crippen LogP contribution in [0.5, 0.6) is 0 Å². The number of aromatic nitrogens is 2. The van der Waals surface area contributed by atoms with E-state index in [1.54, 1.807) is 0 Å². The van der Waals surface area contributed by atoms with Crippen LogP contribution in [0.2, 0.25) is 10.3 Å². The van der Waals surface area contributed by atoms with Crippen LogP contribution in [0.3, 0.4) is 0 Å². The highest BCUT2D eigenvalue weighted by Gasteiger charge is 2.29. The van der Waals surface area contributed by atoms with Crippen LogP contribution < -0.4 is 0 Å². The molecule has 100 valence electrons. The van der Waals surface area contributed by atoms with Crippen LogP contribution in [0, 0.1) is 0 Å². The molecule has 0 radical (unpaired) electrons. The fourth-order valence-corrected chi connectivity index (χ4v) is 5.31. The molecule has 2 rings (SSSR count). The van der Waals surface area contributed by atoms with E-state index in [2.05, 4.69) is 23.8 Å². The minimum absolute atomic E-state index is 0.294. The van der Waals surface area contributed by atoms with Crippen LogP contribution in [-0.2, 0) is 6.42 Å². The fourth-order valence-electron chi connectivity index (χ4n) is 1.80. The summed E-state index contributed by atoms with van der Waals surface area (Å²) in [6.45, 7) is 6.52. The Morgan fingerprint density at radius 2 is 1.78 bits per heavy atom. The number of thioether (sulfide) groups is 2. The zero-order chi connectivity index (χ0) is 13.3. The van der Waals surface area contributed by atoms with E-state index < -0.39 is 0 Å². The second-order valence-electron chi connectivity index (χ2n) is 4.36. The summed E-state index contributed by atoms with van der Waals surface area (Å²) in [5, 5.41) is 2.57. The Hall–Kier alpha value is 0.360. The lowest BCUT2D eigenvalue weighted by Gasteiger charge is -2.30. The van der Waals surface area contributed by atoms with Crippen molar-refractivity contribution in [3.63, 3.8) is 0 Å². The van der Waals surface area contributed by atoms with Crippen molar-refractivity contribution >= 4 is 46.7 Å². The summed E-state index contributed by atoms with van der Waals surface area (Å²) >= 11 is 16.2. The first-order chi connectivity index (χ1) is 8.52. The van der Waals surface area contributed by atoms with Gasteiger partial charge in [0.1, 0.15) is 16.1 Å². The van der Waals surface area contributed by atoms with Gasteiger partial charge in [0.25, 0.3) is 0 Å². The second kappa shape index (κ2) is 6.21. The minimum Gasteiger partial charge on any atom is -0.220 e. The lowest BCUT2D eigenvalue weighted by molar-refractivity contribution is 0.852. The number of nitrogens with zero attached hydrogens (tertiary/aromatic N) is 2. The van der Waals surface area contributed by atoms with Gasteiger partial charge in [0.05, 0.1) is 5.25 Å². The van der Waals surface area contributed by atoms with E-state index in [1.807, 2.05) is 30.4 Å². The van der Waals surface area contributed by atoms with Crippen LogP contribution in [-0.4, -0.2) is 26.2 Å². The average molecular weight is 323 g/mol. The molecule has 1 aliphatic heterocycles. The topological polar surface area (TPSA) is 25.8 Å². The Morgan fingerprint density at radius 3 is 2.28 bits per heavy atom. The minimum atomic E-state index is 0.294. The monoisotopic (exact) mass is 322 g/mol. The summed E-state index contributed by atoms with van der Waals surface area (Å²) < 4.78 is 0. The first kappa shape index (κ1) is 14.8. The third-order valence-corrected chi connectivity index (χ3v) is 7.13. The SMILES string of the molecule is CCc1c(Cl)nc(C2CSC(C)C(C)S2)nc1Cl. The van der Waals surface area contributed by atoms with Crippen molar-refractivity contribution in [2.24, 2.45) is 0 Å². The summed E-state index contributed by atoms with van der Waals surface area (Å²) in [6.07, 6.45) is 0.762. The highest BCUT2D eigenvalue weighted by molar-refractivity contribution is 8.07. The van der Waals surface area contributed by atoms with Gasteiger partial charge in [-0.25, -0.2) is 9.97 Å².